The monoisotopic (exact) mass is 388 g/mol. The zero-order valence-corrected chi connectivity index (χ0v) is 17.6. The molecule has 28 heavy (non-hydrogen) atoms. The Hall–Kier alpha value is -2.69. The predicted molar refractivity (Wildman–Crippen MR) is 111 cm³/mol. The summed E-state index contributed by atoms with van der Waals surface area (Å²) in [5, 5.41) is 0. The minimum Gasteiger partial charge on any atom is -0.496 e. The van der Waals surface area contributed by atoms with Crippen LogP contribution in [0.25, 0.3) is 0 Å². The third-order valence-electron chi connectivity index (χ3n) is 4.11. The highest BCUT2D eigenvalue weighted by Crippen LogP contribution is 2.28. The average molecular weight is 389 g/mol. The van der Waals surface area contributed by atoms with Crippen LogP contribution >= 0.6 is 0 Å². The minimum atomic E-state index is 0.345. The van der Waals surface area contributed by atoms with Gasteiger partial charge in [-0.05, 0) is 43.4 Å². The highest BCUT2D eigenvalue weighted by atomic mass is 16.5. The first-order valence-corrected chi connectivity index (χ1v) is 9.43. The van der Waals surface area contributed by atoms with Crippen LogP contribution in [0.15, 0.2) is 54.0 Å². The number of hydrogen-bond donors (Lipinski definition) is 0. The van der Waals surface area contributed by atoms with Gasteiger partial charge in [-0.3, -0.25) is 4.79 Å². The zero-order chi connectivity index (χ0) is 20.9. The Kier molecular flexibility index (Phi) is 10.6. The first-order chi connectivity index (χ1) is 13.4. The van der Waals surface area contributed by atoms with Gasteiger partial charge in [0.2, 0.25) is 0 Å². The van der Waals surface area contributed by atoms with Crippen molar-refractivity contribution in [3.05, 3.63) is 59.6 Å². The molecule has 0 spiro atoms. The van der Waals surface area contributed by atoms with Gasteiger partial charge in [-0.25, -0.2) is 0 Å². The van der Waals surface area contributed by atoms with Crippen molar-refractivity contribution in [2.75, 3.05) is 20.8 Å². The summed E-state index contributed by atoms with van der Waals surface area (Å²) in [5.74, 6) is 3.00. The van der Waals surface area contributed by atoms with Gasteiger partial charge in [0.1, 0.15) is 11.5 Å². The van der Waals surface area contributed by atoms with Crippen molar-refractivity contribution < 1.29 is 23.7 Å². The fraction of sp³-hybridized carbons (Fsp3) is 0.435. The summed E-state index contributed by atoms with van der Waals surface area (Å²) >= 11 is 0. The lowest BCUT2D eigenvalue weighted by Gasteiger charge is -2.15. The molecule has 0 aliphatic rings. The summed E-state index contributed by atoms with van der Waals surface area (Å²) in [6, 6.07) is 5.81. The lowest BCUT2D eigenvalue weighted by atomic mass is 10.0. The van der Waals surface area contributed by atoms with Crippen LogP contribution in [0.2, 0.25) is 0 Å². The van der Waals surface area contributed by atoms with Crippen LogP contribution < -0.4 is 9.47 Å². The zero-order valence-electron chi connectivity index (χ0n) is 17.6. The lowest BCUT2D eigenvalue weighted by molar-refractivity contribution is -0.128. The molecule has 0 atom stereocenters. The first kappa shape index (κ1) is 23.3. The van der Waals surface area contributed by atoms with Crippen LogP contribution in [0.5, 0.6) is 11.5 Å². The first-order valence-electron chi connectivity index (χ1n) is 9.43. The van der Waals surface area contributed by atoms with E-state index in [4.69, 9.17) is 14.2 Å². The Bertz CT molecular complexity index is 701. The van der Waals surface area contributed by atoms with E-state index >= 15 is 0 Å². The van der Waals surface area contributed by atoms with E-state index in [0.29, 0.717) is 42.7 Å². The second-order valence-corrected chi connectivity index (χ2v) is 6.85. The molecule has 0 saturated heterocycles. The summed E-state index contributed by atoms with van der Waals surface area (Å²) in [6.45, 7) is 11.1. The largest absolute Gasteiger partial charge is 0.496 e. The topological polar surface area (TPSA) is 54.0 Å². The van der Waals surface area contributed by atoms with E-state index in [9.17, 15) is 4.79 Å². The van der Waals surface area contributed by atoms with Gasteiger partial charge in [0.15, 0.2) is 11.5 Å². The lowest BCUT2D eigenvalue weighted by Crippen LogP contribution is -2.02. The van der Waals surface area contributed by atoms with Crippen molar-refractivity contribution in [2.45, 2.75) is 40.0 Å². The Morgan fingerprint density at radius 2 is 2.00 bits per heavy atom. The molecule has 0 saturated carbocycles. The Morgan fingerprint density at radius 1 is 1.25 bits per heavy atom. The summed E-state index contributed by atoms with van der Waals surface area (Å²) in [5.41, 5.74) is 2.12. The Labute approximate surface area is 168 Å². The van der Waals surface area contributed by atoms with Crippen LogP contribution in [0.3, 0.4) is 0 Å². The van der Waals surface area contributed by atoms with Gasteiger partial charge in [0.05, 0.1) is 20.8 Å². The smallest absolute Gasteiger partial charge is 0.293 e. The molecule has 0 aromatic heterocycles. The number of aryl methyl sites for hydroxylation is 1. The van der Waals surface area contributed by atoms with Gasteiger partial charge in [-0.2, -0.15) is 0 Å². The molecular weight excluding hydrogens is 356 g/mol. The standard InChI is InChI=1S/C23H32O5/c1-17(2)9-10-20-11-12-21(15-23(20)26-6)28-19(4)22(25-5)14-18(3)8-7-13-27-16-24/h8,11-12,14-17H,4,7,9-10,13H2,1-3,5-6H3/b18-8-,22-14+. The van der Waals surface area contributed by atoms with Crippen LogP contribution in [-0.2, 0) is 20.7 Å². The number of allylic oxidation sites excluding steroid dienone is 2. The molecule has 0 bridgehead atoms. The highest BCUT2D eigenvalue weighted by Gasteiger charge is 2.10. The molecule has 0 amide bonds. The number of benzene rings is 1. The van der Waals surface area contributed by atoms with Crippen LogP contribution in [0, 0.1) is 5.92 Å². The molecule has 0 heterocycles. The number of ether oxygens (including phenoxy) is 4. The third-order valence-corrected chi connectivity index (χ3v) is 4.11. The Morgan fingerprint density at radius 3 is 2.61 bits per heavy atom. The summed E-state index contributed by atoms with van der Waals surface area (Å²) in [6.07, 6.45) is 6.46. The van der Waals surface area contributed by atoms with Crippen molar-refractivity contribution in [1.29, 1.82) is 0 Å². The molecular formula is C23H32O5. The maximum Gasteiger partial charge on any atom is 0.293 e. The van der Waals surface area contributed by atoms with E-state index in [0.717, 1.165) is 29.7 Å². The average Bonchev–Trinajstić information content (AvgIpc) is 2.68. The van der Waals surface area contributed by atoms with E-state index in [1.165, 1.54) is 0 Å². The second-order valence-electron chi connectivity index (χ2n) is 6.85. The molecule has 0 aliphatic carbocycles. The van der Waals surface area contributed by atoms with E-state index in [-0.39, 0.29) is 0 Å². The molecule has 0 unspecified atom stereocenters. The molecule has 1 rings (SSSR count). The summed E-state index contributed by atoms with van der Waals surface area (Å²) in [4.78, 5) is 10.2. The van der Waals surface area contributed by atoms with Crippen LogP contribution in [0.1, 0.15) is 39.2 Å². The van der Waals surface area contributed by atoms with Crippen LogP contribution in [-0.4, -0.2) is 27.3 Å². The third kappa shape index (κ3) is 8.33. The Balaban J connectivity index is 2.83. The maximum absolute atomic E-state index is 10.2. The fourth-order valence-corrected chi connectivity index (χ4v) is 2.55. The highest BCUT2D eigenvalue weighted by molar-refractivity contribution is 5.42. The number of rotatable bonds is 13. The molecule has 0 N–H and O–H groups in total. The van der Waals surface area contributed by atoms with Crippen molar-refractivity contribution in [3.8, 4) is 11.5 Å². The van der Waals surface area contributed by atoms with Crippen molar-refractivity contribution >= 4 is 6.47 Å². The normalized spacial score (nSPS) is 11.9. The van der Waals surface area contributed by atoms with Crippen LogP contribution in [0.4, 0.5) is 0 Å². The van der Waals surface area contributed by atoms with E-state index in [1.807, 2.05) is 37.3 Å². The summed E-state index contributed by atoms with van der Waals surface area (Å²) in [7, 11) is 3.23. The van der Waals surface area contributed by atoms with Crippen molar-refractivity contribution in [3.63, 3.8) is 0 Å². The molecule has 154 valence electrons. The van der Waals surface area contributed by atoms with Crippen molar-refractivity contribution in [2.24, 2.45) is 5.92 Å². The van der Waals surface area contributed by atoms with Gasteiger partial charge in [-0.15, -0.1) is 0 Å². The second kappa shape index (κ2) is 12.7. The number of hydrogen-bond acceptors (Lipinski definition) is 5. The predicted octanol–water partition coefficient (Wildman–Crippen LogP) is 5.22. The molecule has 5 heteroatoms. The van der Waals surface area contributed by atoms with Gasteiger partial charge in [-0.1, -0.05) is 38.1 Å². The molecule has 0 fully saturated rings. The van der Waals surface area contributed by atoms with Gasteiger partial charge in [0, 0.05) is 12.5 Å². The maximum atomic E-state index is 10.2. The number of carbonyl (C=O) groups is 1. The minimum absolute atomic E-state index is 0.345. The van der Waals surface area contributed by atoms with Gasteiger partial charge < -0.3 is 18.9 Å². The molecule has 0 aliphatic heterocycles. The SMILES string of the molecule is C=C(Oc1ccc(CCC(C)C)c(OC)c1)/C(=C\C(C)=C/CCOC=O)OC. The van der Waals surface area contributed by atoms with Crippen molar-refractivity contribution in [1.82, 2.24) is 0 Å². The summed E-state index contributed by atoms with van der Waals surface area (Å²) < 4.78 is 21.5. The fourth-order valence-electron chi connectivity index (χ4n) is 2.55. The number of methoxy groups -OCH3 is 2. The van der Waals surface area contributed by atoms with E-state index in [1.54, 1.807) is 14.2 Å². The molecule has 1 aromatic rings. The molecule has 1 aromatic carbocycles. The van der Waals surface area contributed by atoms with E-state index in [2.05, 4.69) is 25.2 Å². The molecule has 5 nitrogen and oxygen atoms in total. The van der Waals surface area contributed by atoms with E-state index < -0.39 is 0 Å². The van der Waals surface area contributed by atoms with Gasteiger partial charge >= 0.3 is 0 Å². The van der Waals surface area contributed by atoms with Gasteiger partial charge in [0.25, 0.3) is 6.47 Å². The number of carbonyl (C=O) groups excluding carboxylic acids is 1. The quantitative estimate of drug-likeness (QED) is 0.201. The molecule has 0 radical (unpaired) electrons.